The molecule has 2 N–H and O–H groups in total. The van der Waals surface area contributed by atoms with Crippen LogP contribution >= 0.6 is 0 Å². The van der Waals surface area contributed by atoms with Crippen molar-refractivity contribution >= 4 is 29.0 Å². The Morgan fingerprint density at radius 2 is 1.52 bits per heavy atom. The van der Waals surface area contributed by atoms with Crippen molar-refractivity contribution in [1.82, 2.24) is 0 Å². The lowest BCUT2D eigenvalue weighted by atomic mass is 10.1. The quantitative estimate of drug-likeness (QED) is 0.455. The van der Waals surface area contributed by atoms with Crippen molar-refractivity contribution in [2.45, 2.75) is 0 Å². The summed E-state index contributed by atoms with van der Waals surface area (Å²) >= 11 is 0. The number of hydrazone groups is 1. The molecule has 25 heavy (non-hydrogen) atoms. The van der Waals surface area contributed by atoms with Crippen LogP contribution in [-0.4, -0.2) is 26.1 Å². The molecule has 0 spiro atoms. The summed E-state index contributed by atoms with van der Waals surface area (Å²) in [5, 5.41) is 45.7. The summed E-state index contributed by atoms with van der Waals surface area (Å²) in [4.78, 5) is 29.8. The van der Waals surface area contributed by atoms with Crippen LogP contribution in [0.25, 0.3) is 0 Å². The first-order chi connectivity index (χ1) is 11.8. The largest absolute Gasteiger partial charge is 0.502 e. The molecule has 0 bridgehead atoms. The molecular formula is C13H9N5O7. The fourth-order valence-corrected chi connectivity index (χ4v) is 1.80. The van der Waals surface area contributed by atoms with Crippen LogP contribution in [0.1, 0.15) is 5.56 Å². The van der Waals surface area contributed by atoms with E-state index < -0.39 is 31.9 Å². The first-order valence-corrected chi connectivity index (χ1v) is 6.49. The highest BCUT2D eigenvalue weighted by Crippen LogP contribution is 2.33. The van der Waals surface area contributed by atoms with Crippen LogP contribution in [0, 0.1) is 30.3 Å². The number of anilines is 1. The number of phenols is 1. The molecule has 0 saturated heterocycles. The van der Waals surface area contributed by atoms with E-state index in [9.17, 15) is 35.4 Å². The van der Waals surface area contributed by atoms with Crippen molar-refractivity contribution in [3.8, 4) is 5.75 Å². The Labute approximate surface area is 138 Å². The van der Waals surface area contributed by atoms with Gasteiger partial charge < -0.3 is 5.11 Å². The summed E-state index contributed by atoms with van der Waals surface area (Å²) in [6.45, 7) is 0. The van der Waals surface area contributed by atoms with Crippen LogP contribution in [0.2, 0.25) is 0 Å². The van der Waals surface area contributed by atoms with E-state index in [1.54, 1.807) is 0 Å². The Morgan fingerprint density at radius 3 is 2.04 bits per heavy atom. The van der Waals surface area contributed by atoms with Gasteiger partial charge in [-0.25, -0.2) is 0 Å². The number of rotatable bonds is 6. The van der Waals surface area contributed by atoms with Crippen molar-refractivity contribution in [3.63, 3.8) is 0 Å². The van der Waals surface area contributed by atoms with E-state index in [0.717, 1.165) is 12.3 Å². The molecule has 12 heteroatoms. The lowest BCUT2D eigenvalue weighted by molar-refractivity contribution is -0.394. The minimum Gasteiger partial charge on any atom is -0.502 e. The number of phenolic OH excluding ortho intramolecular Hbond substituents is 1. The zero-order valence-corrected chi connectivity index (χ0v) is 12.2. The molecule has 2 aromatic rings. The number of aromatic hydroxyl groups is 1. The van der Waals surface area contributed by atoms with Gasteiger partial charge in [-0.3, -0.25) is 35.8 Å². The van der Waals surface area contributed by atoms with E-state index in [1.807, 2.05) is 0 Å². The number of hydrogen-bond acceptors (Lipinski definition) is 9. The minimum atomic E-state index is -0.955. The lowest BCUT2D eigenvalue weighted by Gasteiger charge is -2.02. The molecule has 0 aromatic heterocycles. The van der Waals surface area contributed by atoms with Crippen LogP contribution in [-0.2, 0) is 0 Å². The summed E-state index contributed by atoms with van der Waals surface area (Å²) in [5.74, 6) is -0.773. The van der Waals surface area contributed by atoms with E-state index in [4.69, 9.17) is 0 Å². The summed E-state index contributed by atoms with van der Waals surface area (Å²) in [5.41, 5.74) is 1.07. The number of nitro groups is 3. The van der Waals surface area contributed by atoms with Gasteiger partial charge >= 0.3 is 5.69 Å². The van der Waals surface area contributed by atoms with Gasteiger partial charge in [0.2, 0.25) is 5.75 Å². The Kier molecular flexibility index (Phi) is 4.83. The molecule has 2 aromatic carbocycles. The molecule has 0 atom stereocenters. The highest BCUT2D eigenvalue weighted by Gasteiger charge is 2.23. The highest BCUT2D eigenvalue weighted by atomic mass is 16.6. The maximum absolute atomic E-state index is 10.8. The minimum absolute atomic E-state index is 0.124. The SMILES string of the molecule is O=[N+]([O-])c1ccc(N/N=C\c2cc([N+](=O)[O-])cc([N+](=O)[O-])c2O)cc1. The van der Waals surface area contributed by atoms with Gasteiger partial charge in [-0.05, 0) is 12.1 Å². The molecule has 0 aliphatic heterocycles. The predicted molar refractivity (Wildman–Crippen MR) is 85.7 cm³/mol. The first-order valence-electron chi connectivity index (χ1n) is 6.49. The first kappa shape index (κ1) is 17.3. The fourth-order valence-electron chi connectivity index (χ4n) is 1.80. The van der Waals surface area contributed by atoms with Crippen molar-refractivity contribution in [2.24, 2.45) is 5.10 Å². The number of non-ortho nitro benzene ring substituents is 2. The Bertz CT molecular complexity index is 879. The maximum atomic E-state index is 10.8. The molecule has 0 aliphatic rings. The van der Waals surface area contributed by atoms with Gasteiger partial charge in [-0.1, -0.05) is 0 Å². The van der Waals surface area contributed by atoms with Crippen molar-refractivity contribution in [2.75, 3.05) is 5.43 Å². The third kappa shape index (κ3) is 4.01. The molecule has 0 aliphatic carbocycles. The second-order valence-electron chi connectivity index (χ2n) is 4.59. The molecular weight excluding hydrogens is 338 g/mol. The highest BCUT2D eigenvalue weighted by molar-refractivity contribution is 5.87. The molecule has 2 rings (SSSR count). The summed E-state index contributed by atoms with van der Waals surface area (Å²) in [6.07, 6.45) is 0.955. The zero-order chi connectivity index (χ0) is 18.6. The van der Waals surface area contributed by atoms with Crippen LogP contribution in [0.5, 0.6) is 5.75 Å². The molecule has 0 amide bonds. The Morgan fingerprint density at radius 1 is 0.920 bits per heavy atom. The van der Waals surface area contributed by atoms with Crippen LogP contribution < -0.4 is 5.43 Å². The molecule has 0 heterocycles. The van der Waals surface area contributed by atoms with Gasteiger partial charge in [-0.15, -0.1) is 0 Å². The lowest BCUT2D eigenvalue weighted by Crippen LogP contribution is -1.98. The summed E-state index contributed by atoms with van der Waals surface area (Å²) in [6, 6.07) is 6.75. The number of hydrogen-bond donors (Lipinski definition) is 2. The second-order valence-corrected chi connectivity index (χ2v) is 4.59. The van der Waals surface area contributed by atoms with Crippen LogP contribution in [0.3, 0.4) is 0 Å². The Balaban J connectivity index is 2.26. The van der Waals surface area contributed by atoms with E-state index in [2.05, 4.69) is 10.5 Å². The average Bonchev–Trinajstić information content (AvgIpc) is 2.56. The number of benzene rings is 2. The monoisotopic (exact) mass is 347 g/mol. The van der Waals surface area contributed by atoms with Gasteiger partial charge in [0, 0.05) is 18.2 Å². The number of nitro benzene ring substituents is 3. The molecule has 128 valence electrons. The molecule has 0 saturated carbocycles. The number of nitrogens with one attached hydrogen (secondary N) is 1. The van der Waals surface area contributed by atoms with E-state index in [-0.39, 0.29) is 11.3 Å². The molecule has 0 fully saturated rings. The summed E-state index contributed by atoms with van der Waals surface area (Å²) in [7, 11) is 0. The average molecular weight is 347 g/mol. The van der Waals surface area contributed by atoms with Crippen molar-refractivity contribution < 1.29 is 19.9 Å². The molecule has 12 nitrogen and oxygen atoms in total. The van der Waals surface area contributed by atoms with Gasteiger partial charge in [0.05, 0.1) is 38.3 Å². The standard InChI is InChI=1S/C13H9N5O7/c19-13-8(5-11(17(22)23)6-12(13)18(24)25)7-14-15-9-1-3-10(4-2-9)16(20)21/h1-7,15,19H/b14-7-. The molecule has 0 radical (unpaired) electrons. The van der Waals surface area contributed by atoms with E-state index in [1.165, 1.54) is 24.3 Å². The smallest absolute Gasteiger partial charge is 0.318 e. The van der Waals surface area contributed by atoms with Gasteiger partial charge in [0.25, 0.3) is 11.4 Å². The van der Waals surface area contributed by atoms with Gasteiger partial charge in [-0.2, -0.15) is 5.10 Å². The third-order valence-corrected chi connectivity index (χ3v) is 2.99. The predicted octanol–water partition coefficient (Wildman–Crippen LogP) is 2.56. The fraction of sp³-hybridized carbons (Fsp3) is 0. The molecule has 0 unspecified atom stereocenters. The topological polar surface area (TPSA) is 174 Å². The van der Waals surface area contributed by atoms with Crippen LogP contribution in [0.15, 0.2) is 41.5 Å². The summed E-state index contributed by atoms with van der Waals surface area (Å²) < 4.78 is 0. The van der Waals surface area contributed by atoms with E-state index >= 15 is 0 Å². The second kappa shape index (κ2) is 6.99. The van der Waals surface area contributed by atoms with Crippen molar-refractivity contribution in [1.29, 1.82) is 0 Å². The van der Waals surface area contributed by atoms with Gasteiger partial charge in [0.1, 0.15) is 0 Å². The van der Waals surface area contributed by atoms with E-state index in [0.29, 0.717) is 11.8 Å². The van der Waals surface area contributed by atoms with Crippen LogP contribution in [0.4, 0.5) is 22.7 Å². The Hall–Kier alpha value is -4.09. The number of nitrogens with zero attached hydrogens (tertiary/aromatic N) is 4. The normalized spacial score (nSPS) is 10.6. The maximum Gasteiger partial charge on any atom is 0.318 e. The zero-order valence-electron chi connectivity index (χ0n) is 12.2. The third-order valence-electron chi connectivity index (χ3n) is 2.99. The van der Waals surface area contributed by atoms with Crippen molar-refractivity contribution in [3.05, 3.63) is 72.3 Å². The van der Waals surface area contributed by atoms with Gasteiger partial charge in [0.15, 0.2) is 0 Å².